The Morgan fingerprint density at radius 3 is 2.63 bits per heavy atom. The predicted molar refractivity (Wildman–Crippen MR) is 73.2 cm³/mol. The molecule has 0 aliphatic rings. The van der Waals surface area contributed by atoms with Crippen molar-refractivity contribution in [2.45, 2.75) is 26.7 Å². The molecule has 1 aromatic heterocycles. The predicted octanol–water partition coefficient (Wildman–Crippen LogP) is 2.36. The smallest absolute Gasteiger partial charge is 0.147 e. The van der Waals surface area contributed by atoms with Gasteiger partial charge in [-0.05, 0) is 25.0 Å². The first-order chi connectivity index (χ1) is 9.15. The van der Waals surface area contributed by atoms with Gasteiger partial charge in [0.2, 0.25) is 0 Å². The minimum absolute atomic E-state index is 0.245. The van der Waals surface area contributed by atoms with Crippen LogP contribution in [0.4, 0.5) is 10.2 Å². The number of nitrogens with two attached hydrogens (primary N) is 1. The van der Waals surface area contributed by atoms with Gasteiger partial charge in [-0.1, -0.05) is 25.1 Å². The minimum Gasteiger partial charge on any atom is -0.308 e. The number of nitrogen functional groups attached to an aromatic ring is 1. The second kappa shape index (κ2) is 5.75. The number of nitrogens with zero attached hydrogens (tertiary/aromatic N) is 2. The van der Waals surface area contributed by atoms with Gasteiger partial charge in [-0.2, -0.15) is 0 Å². The van der Waals surface area contributed by atoms with E-state index in [1.807, 2.05) is 13.8 Å². The van der Waals surface area contributed by atoms with Crippen LogP contribution in [0.3, 0.4) is 0 Å². The standard InChI is InChI=1S/C14H17FN4/c1-3-11-9(2)17-13(18-14(11)19-16)8-10-6-4-5-7-12(10)15/h4-7H,3,8,16H2,1-2H3,(H,17,18,19). The number of halogens is 1. The summed E-state index contributed by atoms with van der Waals surface area (Å²) in [5.74, 6) is 6.40. The van der Waals surface area contributed by atoms with Crippen molar-refractivity contribution in [3.05, 3.63) is 52.7 Å². The summed E-state index contributed by atoms with van der Waals surface area (Å²) in [7, 11) is 0. The molecule has 0 bridgehead atoms. The zero-order chi connectivity index (χ0) is 13.8. The molecule has 0 aliphatic carbocycles. The molecular formula is C14H17FN4. The van der Waals surface area contributed by atoms with E-state index in [0.717, 1.165) is 17.7 Å². The lowest BCUT2D eigenvalue weighted by Crippen LogP contribution is -2.15. The minimum atomic E-state index is -0.245. The van der Waals surface area contributed by atoms with Crippen molar-refractivity contribution in [1.82, 2.24) is 9.97 Å². The number of aromatic nitrogens is 2. The van der Waals surface area contributed by atoms with Crippen molar-refractivity contribution in [1.29, 1.82) is 0 Å². The molecule has 0 unspecified atom stereocenters. The molecule has 2 aromatic rings. The van der Waals surface area contributed by atoms with Crippen LogP contribution in [0.15, 0.2) is 24.3 Å². The zero-order valence-electron chi connectivity index (χ0n) is 11.1. The second-order valence-electron chi connectivity index (χ2n) is 4.32. The molecule has 0 aliphatic heterocycles. The number of nitrogens with one attached hydrogen (secondary N) is 1. The van der Waals surface area contributed by atoms with E-state index in [1.54, 1.807) is 18.2 Å². The molecular weight excluding hydrogens is 243 g/mol. The van der Waals surface area contributed by atoms with Gasteiger partial charge < -0.3 is 5.43 Å². The molecule has 1 aromatic carbocycles. The fourth-order valence-electron chi connectivity index (χ4n) is 2.09. The Bertz CT molecular complexity index is 584. The molecule has 100 valence electrons. The molecule has 0 atom stereocenters. The monoisotopic (exact) mass is 260 g/mol. The first kappa shape index (κ1) is 13.4. The lowest BCUT2D eigenvalue weighted by molar-refractivity contribution is 0.612. The summed E-state index contributed by atoms with van der Waals surface area (Å²) in [5.41, 5.74) is 5.02. The average molecular weight is 260 g/mol. The molecule has 0 radical (unpaired) electrons. The first-order valence-corrected chi connectivity index (χ1v) is 6.22. The molecule has 3 N–H and O–H groups in total. The highest BCUT2D eigenvalue weighted by Crippen LogP contribution is 2.18. The van der Waals surface area contributed by atoms with Crippen molar-refractivity contribution >= 4 is 5.82 Å². The molecule has 0 amide bonds. The zero-order valence-corrected chi connectivity index (χ0v) is 11.1. The van der Waals surface area contributed by atoms with Crippen LogP contribution in [0.25, 0.3) is 0 Å². The van der Waals surface area contributed by atoms with Crippen LogP contribution in [-0.4, -0.2) is 9.97 Å². The lowest BCUT2D eigenvalue weighted by Gasteiger charge is -2.11. The summed E-state index contributed by atoms with van der Waals surface area (Å²) in [6.07, 6.45) is 1.15. The third-order valence-electron chi connectivity index (χ3n) is 3.06. The van der Waals surface area contributed by atoms with Gasteiger partial charge >= 0.3 is 0 Å². The number of benzene rings is 1. The van der Waals surface area contributed by atoms with Crippen molar-refractivity contribution in [3.63, 3.8) is 0 Å². The summed E-state index contributed by atoms with van der Waals surface area (Å²) in [6, 6.07) is 6.63. The van der Waals surface area contributed by atoms with Gasteiger partial charge in [0.15, 0.2) is 0 Å². The van der Waals surface area contributed by atoms with Gasteiger partial charge in [-0.25, -0.2) is 20.2 Å². The molecule has 0 spiro atoms. The maximum Gasteiger partial charge on any atom is 0.147 e. The number of rotatable bonds is 4. The van der Waals surface area contributed by atoms with E-state index < -0.39 is 0 Å². The molecule has 0 fully saturated rings. The highest BCUT2D eigenvalue weighted by Gasteiger charge is 2.11. The molecule has 2 rings (SSSR count). The van der Waals surface area contributed by atoms with E-state index in [2.05, 4.69) is 15.4 Å². The van der Waals surface area contributed by atoms with Crippen molar-refractivity contribution in [2.75, 3.05) is 5.43 Å². The largest absolute Gasteiger partial charge is 0.308 e. The van der Waals surface area contributed by atoms with Gasteiger partial charge in [0, 0.05) is 17.7 Å². The van der Waals surface area contributed by atoms with Crippen LogP contribution >= 0.6 is 0 Å². The fourth-order valence-corrected chi connectivity index (χ4v) is 2.09. The molecule has 0 saturated heterocycles. The van der Waals surface area contributed by atoms with Gasteiger partial charge in [0.05, 0.1) is 0 Å². The third kappa shape index (κ3) is 2.88. The van der Waals surface area contributed by atoms with Crippen LogP contribution in [0.2, 0.25) is 0 Å². The van der Waals surface area contributed by atoms with Crippen LogP contribution < -0.4 is 11.3 Å². The maximum atomic E-state index is 13.6. The second-order valence-corrected chi connectivity index (χ2v) is 4.32. The Labute approximate surface area is 111 Å². The molecule has 19 heavy (non-hydrogen) atoms. The highest BCUT2D eigenvalue weighted by molar-refractivity contribution is 5.45. The SMILES string of the molecule is CCc1c(C)nc(Cc2ccccc2F)nc1NN. The van der Waals surface area contributed by atoms with Crippen molar-refractivity contribution in [2.24, 2.45) is 5.84 Å². The Balaban J connectivity index is 2.36. The molecule has 0 saturated carbocycles. The lowest BCUT2D eigenvalue weighted by atomic mass is 10.1. The van der Waals surface area contributed by atoms with Gasteiger partial charge in [0.25, 0.3) is 0 Å². The van der Waals surface area contributed by atoms with E-state index in [4.69, 9.17) is 5.84 Å². The quantitative estimate of drug-likeness (QED) is 0.654. The molecule has 1 heterocycles. The van der Waals surface area contributed by atoms with Crippen LogP contribution in [0.5, 0.6) is 0 Å². The third-order valence-corrected chi connectivity index (χ3v) is 3.06. The normalized spacial score (nSPS) is 10.5. The van der Waals surface area contributed by atoms with Gasteiger partial charge in [-0.3, -0.25) is 0 Å². The Kier molecular flexibility index (Phi) is 4.06. The Hall–Kier alpha value is -2.01. The summed E-state index contributed by atoms with van der Waals surface area (Å²) < 4.78 is 13.6. The van der Waals surface area contributed by atoms with Gasteiger partial charge in [-0.15, -0.1) is 0 Å². The van der Waals surface area contributed by atoms with E-state index in [-0.39, 0.29) is 5.82 Å². The summed E-state index contributed by atoms with van der Waals surface area (Å²) in [4.78, 5) is 8.76. The molecule has 5 heteroatoms. The molecule has 4 nitrogen and oxygen atoms in total. The highest BCUT2D eigenvalue weighted by atomic mass is 19.1. The van der Waals surface area contributed by atoms with Gasteiger partial charge in [0.1, 0.15) is 17.5 Å². The Morgan fingerprint density at radius 1 is 1.26 bits per heavy atom. The fraction of sp³-hybridized carbons (Fsp3) is 0.286. The van der Waals surface area contributed by atoms with Crippen LogP contribution in [0, 0.1) is 12.7 Å². The number of aryl methyl sites for hydroxylation is 1. The first-order valence-electron chi connectivity index (χ1n) is 6.22. The van der Waals surface area contributed by atoms with E-state index in [1.165, 1.54) is 6.07 Å². The van der Waals surface area contributed by atoms with Crippen LogP contribution in [-0.2, 0) is 12.8 Å². The van der Waals surface area contributed by atoms with Crippen molar-refractivity contribution < 1.29 is 4.39 Å². The number of anilines is 1. The van der Waals surface area contributed by atoms with Crippen LogP contribution in [0.1, 0.15) is 29.6 Å². The average Bonchev–Trinajstić information content (AvgIpc) is 2.40. The van der Waals surface area contributed by atoms with E-state index >= 15 is 0 Å². The van der Waals surface area contributed by atoms with E-state index in [9.17, 15) is 4.39 Å². The van der Waals surface area contributed by atoms with Crippen molar-refractivity contribution in [3.8, 4) is 0 Å². The number of hydrogen-bond acceptors (Lipinski definition) is 4. The summed E-state index contributed by atoms with van der Waals surface area (Å²) in [5, 5.41) is 0. The Morgan fingerprint density at radius 2 is 2.00 bits per heavy atom. The maximum absolute atomic E-state index is 13.6. The number of hydrazine groups is 1. The van der Waals surface area contributed by atoms with E-state index in [0.29, 0.717) is 23.6 Å². The number of hydrogen-bond donors (Lipinski definition) is 2. The summed E-state index contributed by atoms with van der Waals surface area (Å²) in [6.45, 7) is 3.93. The summed E-state index contributed by atoms with van der Waals surface area (Å²) >= 11 is 0. The topological polar surface area (TPSA) is 63.8 Å².